The van der Waals surface area contributed by atoms with Crippen molar-refractivity contribution in [2.24, 2.45) is 0 Å². The van der Waals surface area contributed by atoms with Gasteiger partial charge in [-0.3, -0.25) is 0 Å². The SMILES string of the molecule is Oc1ccc(C(c2ccc(-c3ccccc3)cc2)(C(F)(F)F)C(F)(F)F)cc1. The molecule has 0 spiro atoms. The van der Waals surface area contributed by atoms with Gasteiger partial charge in [0.1, 0.15) is 5.75 Å². The average molecular weight is 396 g/mol. The highest BCUT2D eigenvalue weighted by Crippen LogP contribution is 2.56. The molecule has 0 aliphatic heterocycles. The Morgan fingerprint density at radius 2 is 0.893 bits per heavy atom. The first-order chi connectivity index (χ1) is 13.1. The summed E-state index contributed by atoms with van der Waals surface area (Å²) >= 11 is 0. The lowest BCUT2D eigenvalue weighted by Crippen LogP contribution is -2.54. The molecule has 3 aromatic carbocycles. The molecule has 28 heavy (non-hydrogen) atoms. The zero-order valence-corrected chi connectivity index (χ0v) is 14.2. The van der Waals surface area contributed by atoms with Gasteiger partial charge in [-0.15, -0.1) is 0 Å². The fourth-order valence-electron chi connectivity index (χ4n) is 3.24. The molecule has 0 aromatic heterocycles. The van der Waals surface area contributed by atoms with Crippen molar-refractivity contribution in [3.05, 3.63) is 90.0 Å². The van der Waals surface area contributed by atoms with E-state index in [2.05, 4.69) is 0 Å². The molecule has 0 heterocycles. The topological polar surface area (TPSA) is 20.2 Å². The molecule has 7 heteroatoms. The molecule has 1 N–H and O–H groups in total. The van der Waals surface area contributed by atoms with Crippen LogP contribution in [0.5, 0.6) is 5.75 Å². The maximum absolute atomic E-state index is 14.0. The minimum Gasteiger partial charge on any atom is -0.508 e. The van der Waals surface area contributed by atoms with Gasteiger partial charge >= 0.3 is 12.4 Å². The van der Waals surface area contributed by atoms with Gasteiger partial charge in [0.25, 0.3) is 0 Å². The molecule has 0 saturated heterocycles. The molecule has 0 aliphatic carbocycles. The Kier molecular flexibility index (Phi) is 4.87. The Balaban J connectivity index is 2.23. The first-order valence-corrected chi connectivity index (χ1v) is 8.16. The molecule has 3 rings (SSSR count). The number of hydrogen-bond acceptors (Lipinski definition) is 1. The molecule has 0 fully saturated rings. The van der Waals surface area contributed by atoms with Gasteiger partial charge in [0.05, 0.1) is 0 Å². The number of hydrogen-bond donors (Lipinski definition) is 1. The van der Waals surface area contributed by atoms with Crippen LogP contribution < -0.4 is 0 Å². The molecule has 0 aliphatic rings. The van der Waals surface area contributed by atoms with Crippen LogP contribution in [0.15, 0.2) is 78.9 Å². The molecule has 0 atom stereocenters. The van der Waals surface area contributed by atoms with Gasteiger partial charge in [-0.25, -0.2) is 0 Å². The molecule has 0 amide bonds. The Labute approximate surface area is 156 Å². The minimum atomic E-state index is -5.66. The lowest BCUT2D eigenvalue weighted by atomic mass is 9.72. The summed E-state index contributed by atoms with van der Waals surface area (Å²) < 4.78 is 83.9. The van der Waals surface area contributed by atoms with E-state index in [1.54, 1.807) is 30.3 Å². The van der Waals surface area contributed by atoms with Gasteiger partial charge in [-0.2, -0.15) is 26.3 Å². The second kappa shape index (κ2) is 6.89. The highest BCUT2D eigenvalue weighted by Gasteiger charge is 2.72. The fraction of sp³-hybridized carbons (Fsp3) is 0.143. The van der Waals surface area contributed by atoms with Crippen molar-refractivity contribution in [1.82, 2.24) is 0 Å². The summed E-state index contributed by atoms with van der Waals surface area (Å²) in [6, 6.07) is 15.6. The highest BCUT2D eigenvalue weighted by molar-refractivity contribution is 5.64. The third-order valence-electron chi connectivity index (χ3n) is 4.58. The maximum atomic E-state index is 14.0. The van der Waals surface area contributed by atoms with E-state index in [0.717, 1.165) is 24.3 Å². The lowest BCUT2D eigenvalue weighted by Gasteiger charge is -2.38. The summed E-state index contributed by atoms with van der Waals surface area (Å²) in [6.45, 7) is 0. The minimum absolute atomic E-state index is 0.429. The Morgan fingerprint density at radius 1 is 0.500 bits per heavy atom. The van der Waals surface area contributed by atoms with Crippen molar-refractivity contribution in [3.8, 4) is 16.9 Å². The average Bonchev–Trinajstić information content (AvgIpc) is 2.63. The van der Waals surface area contributed by atoms with Crippen LogP contribution in [0, 0.1) is 0 Å². The van der Waals surface area contributed by atoms with E-state index < -0.39 is 34.6 Å². The summed E-state index contributed by atoms with van der Waals surface area (Å²) in [6.07, 6.45) is -11.3. The highest BCUT2D eigenvalue weighted by atomic mass is 19.4. The number of halogens is 6. The van der Waals surface area contributed by atoms with Gasteiger partial charge < -0.3 is 5.11 Å². The molecule has 0 bridgehead atoms. The first kappa shape index (κ1) is 19.8. The predicted octanol–water partition coefficient (Wildman–Crippen LogP) is 6.47. The quantitative estimate of drug-likeness (QED) is 0.503. The molecule has 146 valence electrons. The van der Waals surface area contributed by atoms with Crippen molar-refractivity contribution in [2.45, 2.75) is 17.8 Å². The molecule has 0 radical (unpaired) electrons. The van der Waals surface area contributed by atoms with Crippen LogP contribution in [0.3, 0.4) is 0 Å². The van der Waals surface area contributed by atoms with E-state index in [-0.39, 0.29) is 0 Å². The summed E-state index contributed by atoms with van der Waals surface area (Å²) in [5.74, 6) is -0.429. The summed E-state index contributed by atoms with van der Waals surface area (Å²) in [5, 5.41) is 9.30. The second-order valence-electron chi connectivity index (χ2n) is 6.24. The summed E-state index contributed by atoms with van der Waals surface area (Å²) in [4.78, 5) is 0. The van der Waals surface area contributed by atoms with Crippen LogP contribution >= 0.6 is 0 Å². The Hall–Kier alpha value is -2.96. The maximum Gasteiger partial charge on any atom is 0.411 e. The molecular formula is C21H14F6O. The van der Waals surface area contributed by atoms with E-state index in [0.29, 0.717) is 23.3 Å². The number of benzene rings is 3. The predicted molar refractivity (Wildman–Crippen MR) is 92.9 cm³/mol. The largest absolute Gasteiger partial charge is 0.508 e. The third-order valence-corrected chi connectivity index (χ3v) is 4.58. The summed E-state index contributed by atoms with van der Waals surface area (Å²) in [5.41, 5.74) is -5.02. The van der Waals surface area contributed by atoms with Gasteiger partial charge in [0.2, 0.25) is 5.41 Å². The smallest absolute Gasteiger partial charge is 0.411 e. The fourth-order valence-corrected chi connectivity index (χ4v) is 3.24. The zero-order valence-electron chi connectivity index (χ0n) is 14.2. The lowest BCUT2D eigenvalue weighted by molar-refractivity contribution is -0.288. The number of phenolic OH excluding ortho intramolecular Hbond substituents is 1. The molecular weight excluding hydrogens is 382 g/mol. The van der Waals surface area contributed by atoms with Gasteiger partial charge in [0.15, 0.2) is 0 Å². The van der Waals surface area contributed by atoms with Crippen LogP contribution in [0.1, 0.15) is 11.1 Å². The number of alkyl halides is 6. The first-order valence-electron chi connectivity index (χ1n) is 8.16. The van der Waals surface area contributed by atoms with Gasteiger partial charge in [-0.05, 0) is 34.4 Å². The molecule has 0 saturated carbocycles. The molecule has 1 nitrogen and oxygen atoms in total. The Bertz CT molecular complexity index is 912. The van der Waals surface area contributed by atoms with Crippen LogP contribution in [0.4, 0.5) is 26.3 Å². The standard InChI is InChI=1S/C21H14F6O/c22-20(23,24)19(21(25,26)27,17-10-12-18(28)13-11-17)16-8-6-15(7-9-16)14-4-2-1-3-5-14/h1-13,28H. The van der Waals surface area contributed by atoms with E-state index in [9.17, 15) is 31.4 Å². The molecule has 3 aromatic rings. The monoisotopic (exact) mass is 396 g/mol. The number of phenols is 1. The molecule has 0 unspecified atom stereocenters. The van der Waals surface area contributed by atoms with Gasteiger partial charge in [-0.1, -0.05) is 66.7 Å². The van der Waals surface area contributed by atoms with Crippen LogP contribution in [-0.4, -0.2) is 17.5 Å². The second-order valence-corrected chi connectivity index (χ2v) is 6.24. The van der Waals surface area contributed by atoms with Crippen LogP contribution in [0.2, 0.25) is 0 Å². The van der Waals surface area contributed by atoms with Crippen molar-refractivity contribution >= 4 is 0 Å². The van der Waals surface area contributed by atoms with E-state index in [1.165, 1.54) is 12.1 Å². The van der Waals surface area contributed by atoms with E-state index in [4.69, 9.17) is 0 Å². The van der Waals surface area contributed by atoms with Crippen LogP contribution in [0.25, 0.3) is 11.1 Å². The van der Waals surface area contributed by atoms with Crippen molar-refractivity contribution < 1.29 is 31.4 Å². The van der Waals surface area contributed by atoms with Gasteiger partial charge in [0, 0.05) is 0 Å². The number of rotatable bonds is 3. The third kappa shape index (κ3) is 3.21. The Morgan fingerprint density at radius 3 is 1.32 bits per heavy atom. The van der Waals surface area contributed by atoms with Crippen LogP contribution in [-0.2, 0) is 5.41 Å². The van der Waals surface area contributed by atoms with Crippen molar-refractivity contribution in [2.75, 3.05) is 0 Å². The van der Waals surface area contributed by atoms with Crippen molar-refractivity contribution in [3.63, 3.8) is 0 Å². The van der Waals surface area contributed by atoms with Crippen molar-refractivity contribution in [1.29, 1.82) is 0 Å². The normalized spacial score (nSPS) is 12.8. The van der Waals surface area contributed by atoms with E-state index in [1.807, 2.05) is 0 Å². The zero-order chi connectivity index (χ0) is 20.6. The summed E-state index contributed by atoms with van der Waals surface area (Å²) in [7, 11) is 0. The van der Waals surface area contributed by atoms with E-state index >= 15 is 0 Å². The number of aromatic hydroxyl groups is 1.